The lowest BCUT2D eigenvalue weighted by atomic mass is 10.2. The molecule has 0 amide bonds. The van der Waals surface area contributed by atoms with Gasteiger partial charge in [0.15, 0.2) is 0 Å². The Bertz CT molecular complexity index is 225. The summed E-state index contributed by atoms with van der Waals surface area (Å²) in [6.45, 7) is 5.66. The molecule has 2 heteroatoms. The van der Waals surface area contributed by atoms with Crippen LogP contribution in [0, 0.1) is 0 Å². The van der Waals surface area contributed by atoms with Gasteiger partial charge in [-0.05, 0) is 18.6 Å². The molecule has 0 saturated heterocycles. The quantitative estimate of drug-likeness (QED) is 0.619. The van der Waals surface area contributed by atoms with E-state index >= 15 is 0 Å². The van der Waals surface area contributed by atoms with Crippen molar-refractivity contribution in [1.29, 1.82) is 0 Å². The van der Waals surface area contributed by atoms with Crippen molar-refractivity contribution in [3.05, 3.63) is 29.6 Å². The molecule has 1 nitrogen and oxygen atoms in total. The molecule has 1 heterocycles. The van der Waals surface area contributed by atoms with E-state index in [4.69, 9.17) is 11.6 Å². The van der Waals surface area contributed by atoms with Gasteiger partial charge in [0.25, 0.3) is 0 Å². The second kappa shape index (κ2) is 2.28. The van der Waals surface area contributed by atoms with Crippen molar-refractivity contribution in [2.24, 2.45) is 0 Å². The highest BCUT2D eigenvalue weighted by Gasteiger charge is 1.98. The van der Waals surface area contributed by atoms with Crippen LogP contribution >= 0.6 is 11.6 Å². The van der Waals surface area contributed by atoms with Gasteiger partial charge in [-0.15, -0.1) is 0 Å². The molecule has 1 aromatic rings. The van der Waals surface area contributed by atoms with E-state index in [0.29, 0.717) is 0 Å². The number of halogens is 1. The second-order valence-electron chi connectivity index (χ2n) is 1.98. The van der Waals surface area contributed by atoms with Gasteiger partial charge < -0.3 is 4.98 Å². The minimum Gasteiger partial charge on any atom is -0.360 e. The SMILES string of the molecule is C=C(C)c1[nH]ccc1Cl. The highest BCUT2D eigenvalue weighted by Crippen LogP contribution is 2.19. The average molecular weight is 142 g/mol. The maximum Gasteiger partial charge on any atom is 0.0657 e. The molecule has 0 unspecified atom stereocenters. The molecule has 0 aliphatic carbocycles. The summed E-state index contributed by atoms with van der Waals surface area (Å²) in [5.41, 5.74) is 1.89. The maximum atomic E-state index is 5.74. The van der Waals surface area contributed by atoms with Crippen molar-refractivity contribution >= 4 is 17.2 Å². The first-order valence-corrected chi connectivity index (χ1v) is 3.08. The fourth-order valence-electron chi connectivity index (χ4n) is 0.677. The molecular weight excluding hydrogens is 134 g/mol. The van der Waals surface area contributed by atoms with Gasteiger partial charge in [-0.25, -0.2) is 0 Å². The molecule has 0 bridgehead atoms. The third kappa shape index (κ3) is 1.16. The van der Waals surface area contributed by atoms with Crippen LogP contribution in [0.4, 0.5) is 0 Å². The van der Waals surface area contributed by atoms with E-state index in [0.717, 1.165) is 16.3 Å². The van der Waals surface area contributed by atoms with Gasteiger partial charge in [0.05, 0.1) is 10.7 Å². The highest BCUT2D eigenvalue weighted by atomic mass is 35.5. The van der Waals surface area contributed by atoms with Gasteiger partial charge in [0, 0.05) is 6.20 Å². The lowest BCUT2D eigenvalue weighted by Gasteiger charge is -1.92. The first-order valence-electron chi connectivity index (χ1n) is 2.70. The number of nitrogens with one attached hydrogen (secondary N) is 1. The van der Waals surface area contributed by atoms with Gasteiger partial charge in [0.1, 0.15) is 0 Å². The number of allylic oxidation sites excluding steroid dienone is 1. The average Bonchev–Trinajstić information content (AvgIpc) is 2.13. The fourth-order valence-corrected chi connectivity index (χ4v) is 0.956. The van der Waals surface area contributed by atoms with Crippen LogP contribution in [0.15, 0.2) is 18.8 Å². The Balaban J connectivity index is 3.08. The van der Waals surface area contributed by atoms with E-state index in [1.807, 2.05) is 13.0 Å². The molecule has 1 rings (SSSR count). The zero-order valence-electron chi connectivity index (χ0n) is 5.24. The van der Waals surface area contributed by atoms with Gasteiger partial charge in [-0.2, -0.15) is 0 Å². The zero-order chi connectivity index (χ0) is 6.85. The fraction of sp³-hybridized carbons (Fsp3) is 0.143. The van der Waals surface area contributed by atoms with E-state index < -0.39 is 0 Å². The minimum absolute atomic E-state index is 0.738. The standard InChI is InChI=1S/C7H8ClN/c1-5(2)7-6(8)3-4-9-7/h3-4,9H,1H2,2H3. The molecule has 1 N–H and O–H groups in total. The normalized spacial score (nSPS) is 9.56. The predicted molar refractivity (Wildman–Crippen MR) is 40.5 cm³/mol. The summed E-state index contributed by atoms with van der Waals surface area (Å²) in [4.78, 5) is 2.97. The first kappa shape index (κ1) is 6.43. The number of aromatic nitrogens is 1. The van der Waals surface area contributed by atoms with E-state index in [1.165, 1.54) is 0 Å². The zero-order valence-corrected chi connectivity index (χ0v) is 6.00. The molecule has 0 aliphatic rings. The summed E-state index contributed by atoms with van der Waals surface area (Å²) in [5.74, 6) is 0. The summed E-state index contributed by atoms with van der Waals surface area (Å²) in [6, 6.07) is 1.81. The van der Waals surface area contributed by atoms with Crippen molar-refractivity contribution in [3.8, 4) is 0 Å². The lowest BCUT2D eigenvalue weighted by molar-refractivity contribution is 1.34. The second-order valence-corrected chi connectivity index (χ2v) is 2.39. The topological polar surface area (TPSA) is 15.8 Å². The van der Waals surface area contributed by atoms with Gasteiger partial charge in [-0.3, -0.25) is 0 Å². The van der Waals surface area contributed by atoms with Crippen molar-refractivity contribution in [2.45, 2.75) is 6.92 Å². The van der Waals surface area contributed by atoms with Crippen LogP contribution in [-0.2, 0) is 0 Å². The molecule has 0 aromatic carbocycles. The van der Waals surface area contributed by atoms with Crippen LogP contribution in [0.5, 0.6) is 0 Å². The van der Waals surface area contributed by atoms with Crippen molar-refractivity contribution in [1.82, 2.24) is 4.98 Å². The third-order valence-corrected chi connectivity index (χ3v) is 1.44. The third-order valence-electron chi connectivity index (χ3n) is 1.12. The van der Waals surface area contributed by atoms with Gasteiger partial charge in [0.2, 0.25) is 0 Å². The van der Waals surface area contributed by atoms with Gasteiger partial charge in [-0.1, -0.05) is 18.2 Å². The van der Waals surface area contributed by atoms with E-state index in [-0.39, 0.29) is 0 Å². The summed E-state index contributed by atoms with van der Waals surface area (Å²) >= 11 is 5.74. The molecule has 1 aromatic heterocycles. The molecule has 0 aliphatic heterocycles. The molecular formula is C7H8ClN. The molecule has 48 valence electrons. The molecule has 0 saturated carbocycles. The summed E-state index contributed by atoms with van der Waals surface area (Å²) in [7, 11) is 0. The monoisotopic (exact) mass is 141 g/mol. The van der Waals surface area contributed by atoms with Crippen LogP contribution in [0.1, 0.15) is 12.6 Å². The molecule has 0 atom stereocenters. The van der Waals surface area contributed by atoms with Crippen LogP contribution in [-0.4, -0.2) is 4.98 Å². The number of hydrogen-bond acceptors (Lipinski definition) is 0. The van der Waals surface area contributed by atoms with E-state index in [2.05, 4.69) is 11.6 Å². The Kier molecular flexibility index (Phi) is 1.63. The molecule has 0 fully saturated rings. The predicted octanol–water partition coefficient (Wildman–Crippen LogP) is 2.70. The maximum absolute atomic E-state index is 5.74. The molecule has 9 heavy (non-hydrogen) atoms. The summed E-state index contributed by atoms with van der Waals surface area (Å²) in [5, 5.41) is 0.738. The molecule has 0 spiro atoms. The van der Waals surface area contributed by atoms with Crippen LogP contribution in [0.25, 0.3) is 5.57 Å². The summed E-state index contributed by atoms with van der Waals surface area (Å²) in [6.07, 6.45) is 1.80. The highest BCUT2D eigenvalue weighted by molar-refractivity contribution is 6.32. The number of aromatic amines is 1. The Morgan fingerprint density at radius 3 is 2.67 bits per heavy atom. The first-order chi connectivity index (χ1) is 4.22. The van der Waals surface area contributed by atoms with E-state index in [9.17, 15) is 0 Å². The summed E-state index contributed by atoms with van der Waals surface area (Å²) < 4.78 is 0. The van der Waals surface area contributed by atoms with E-state index in [1.54, 1.807) is 6.20 Å². The minimum atomic E-state index is 0.738. The van der Waals surface area contributed by atoms with Crippen LogP contribution in [0.3, 0.4) is 0 Å². The Morgan fingerprint density at radius 2 is 2.44 bits per heavy atom. The number of H-pyrrole nitrogens is 1. The Labute approximate surface area is 59.3 Å². The Hall–Kier alpha value is -0.690. The van der Waals surface area contributed by atoms with Crippen LogP contribution in [0.2, 0.25) is 5.02 Å². The van der Waals surface area contributed by atoms with Gasteiger partial charge >= 0.3 is 0 Å². The largest absolute Gasteiger partial charge is 0.360 e. The smallest absolute Gasteiger partial charge is 0.0657 e. The van der Waals surface area contributed by atoms with Crippen molar-refractivity contribution in [3.63, 3.8) is 0 Å². The van der Waals surface area contributed by atoms with Crippen molar-refractivity contribution < 1.29 is 0 Å². The Morgan fingerprint density at radius 1 is 1.78 bits per heavy atom. The number of hydrogen-bond donors (Lipinski definition) is 1. The number of rotatable bonds is 1. The molecule has 0 radical (unpaired) electrons. The van der Waals surface area contributed by atoms with Crippen molar-refractivity contribution in [2.75, 3.05) is 0 Å². The van der Waals surface area contributed by atoms with Crippen LogP contribution < -0.4 is 0 Å². The lowest BCUT2D eigenvalue weighted by Crippen LogP contribution is -1.75.